The molecule has 3 aromatic carbocycles. The van der Waals surface area contributed by atoms with Crippen molar-refractivity contribution in [2.24, 2.45) is 0 Å². The van der Waals surface area contributed by atoms with Crippen molar-refractivity contribution in [1.82, 2.24) is 9.66 Å². The van der Waals surface area contributed by atoms with Crippen LogP contribution in [0.4, 0.5) is 0 Å². The summed E-state index contributed by atoms with van der Waals surface area (Å²) >= 11 is 3.46. The van der Waals surface area contributed by atoms with Crippen LogP contribution in [0.15, 0.2) is 82.1 Å². The SMILES string of the molecule is CCOc1ccccc1CNn1c(-c2ccc(Br)cc2)nc2ccccc2c1=O. The highest BCUT2D eigenvalue weighted by Crippen LogP contribution is 2.22. The van der Waals surface area contributed by atoms with Crippen LogP contribution in [0.3, 0.4) is 0 Å². The maximum Gasteiger partial charge on any atom is 0.280 e. The molecule has 0 unspecified atom stereocenters. The number of hydrogen-bond donors (Lipinski definition) is 1. The third-order valence-corrected chi connectivity index (χ3v) is 5.11. The van der Waals surface area contributed by atoms with Crippen LogP contribution in [0, 0.1) is 0 Å². The van der Waals surface area contributed by atoms with Gasteiger partial charge in [0.15, 0.2) is 5.82 Å². The van der Waals surface area contributed by atoms with Crippen LogP contribution in [-0.2, 0) is 6.54 Å². The lowest BCUT2D eigenvalue weighted by molar-refractivity contribution is 0.336. The van der Waals surface area contributed by atoms with Gasteiger partial charge in [0.25, 0.3) is 5.56 Å². The molecule has 4 aromatic rings. The van der Waals surface area contributed by atoms with Gasteiger partial charge in [-0.15, -0.1) is 0 Å². The average molecular weight is 450 g/mol. The minimum absolute atomic E-state index is 0.137. The number of ether oxygens (including phenoxy) is 1. The Kier molecular flexibility index (Phi) is 5.62. The smallest absolute Gasteiger partial charge is 0.280 e. The molecule has 6 heteroatoms. The topological polar surface area (TPSA) is 56.1 Å². The summed E-state index contributed by atoms with van der Waals surface area (Å²) in [4.78, 5) is 18.0. The molecule has 0 saturated heterocycles. The second-order valence-corrected chi connectivity index (χ2v) is 7.39. The molecule has 0 atom stereocenters. The largest absolute Gasteiger partial charge is 0.494 e. The molecule has 0 spiro atoms. The number of nitrogens with zero attached hydrogens (tertiary/aromatic N) is 2. The number of aromatic nitrogens is 2. The summed E-state index contributed by atoms with van der Waals surface area (Å²) in [6.07, 6.45) is 0. The molecule has 0 aliphatic heterocycles. The first-order valence-electron chi connectivity index (χ1n) is 9.39. The molecule has 29 heavy (non-hydrogen) atoms. The molecule has 0 bridgehead atoms. The number of para-hydroxylation sites is 2. The van der Waals surface area contributed by atoms with Crippen molar-refractivity contribution in [3.63, 3.8) is 0 Å². The molecule has 5 nitrogen and oxygen atoms in total. The molecule has 0 saturated carbocycles. The molecule has 0 fully saturated rings. The van der Waals surface area contributed by atoms with E-state index in [0.717, 1.165) is 21.3 Å². The second kappa shape index (κ2) is 8.49. The van der Waals surface area contributed by atoms with Crippen LogP contribution < -0.4 is 15.7 Å². The number of fused-ring (bicyclic) bond motifs is 1. The Morgan fingerprint density at radius 2 is 1.72 bits per heavy atom. The lowest BCUT2D eigenvalue weighted by atomic mass is 10.2. The second-order valence-electron chi connectivity index (χ2n) is 6.48. The fourth-order valence-electron chi connectivity index (χ4n) is 3.18. The van der Waals surface area contributed by atoms with Crippen molar-refractivity contribution in [2.45, 2.75) is 13.5 Å². The zero-order valence-electron chi connectivity index (χ0n) is 15.9. The van der Waals surface area contributed by atoms with Crippen LogP contribution in [0.25, 0.3) is 22.3 Å². The zero-order chi connectivity index (χ0) is 20.2. The minimum atomic E-state index is -0.137. The molecule has 0 aliphatic rings. The first-order valence-corrected chi connectivity index (χ1v) is 10.2. The number of halogens is 1. The van der Waals surface area contributed by atoms with E-state index in [1.807, 2.05) is 73.7 Å². The van der Waals surface area contributed by atoms with Gasteiger partial charge in [-0.05, 0) is 37.3 Å². The van der Waals surface area contributed by atoms with Crippen molar-refractivity contribution < 1.29 is 4.74 Å². The van der Waals surface area contributed by atoms with Gasteiger partial charge in [-0.1, -0.05) is 58.4 Å². The van der Waals surface area contributed by atoms with Gasteiger partial charge in [0, 0.05) is 15.6 Å². The molecule has 0 radical (unpaired) electrons. The first kappa shape index (κ1) is 19.2. The van der Waals surface area contributed by atoms with Gasteiger partial charge in [-0.2, -0.15) is 0 Å². The van der Waals surface area contributed by atoms with E-state index in [4.69, 9.17) is 9.72 Å². The van der Waals surface area contributed by atoms with E-state index in [1.54, 1.807) is 6.07 Å². The fourth-order valence-corrected chi connectivity index (χ4v) is 3.45. The zero-order valence-corrected chi connectivity index (χ0v) is 17.5. The van der Waals surface area contributed by atoms with Gasteiger partial charge in [0.2, 0.25) is 0 Å². The highest BCUT2D eigenvalue weighted by atomic mass is 79.9. The lowest BCUT2D eigenvalue weighted by Gasteiger charge is -2.17. The molecule has 0 amide bonds. The Morgan fingerprint density at radius 3 is 2.52 bits per heavy atom. The van der Waals surface area contributed by atoms with E-state index in [2.05, 4.69) is 21.4 Å². The van der Waals surface area contributed by atoms with Gasteiger partial charge >= 0.3 is 0 Å². The van der Waals surface area contributed by atoms with Gasteiger partial charge in [-0.3, -0.25) is 4.79 Å². The van der Waals surface area contributed by atoms with E-state index in [1.165, 1.54) is 4.68 Å². The molecular formula is C23H20BrN3O2. The quantitative estimate of drug-likeness (QED) is 0.451. The number of nitrogens with one attached hydrogen (secondary N) is 1. The Labute approximate surface area is 177 Å². The van der Waals surface area contributed by atoms with Crippen LogP contribution in [0.1, 0.15) is 12.5 Å². The van der Waals surface area contributed by atoms with Gasteiger partial charge < -0.3 is 10.2 Å². The standard InChI is InChI=1S/C23H20BrN3O2/c1-2-29-21-10-6-3-7-17(21)15-25-27-22(16-11-13-18(24)14-12-16)26-20-9-5-4-8-19(20)23(27)28/h3-14,25H,2,15H2,1H3. The van der Waals surface area contributed by atoms with Crippen molar-refractivity contribution in [2.75, 3.05) is 12.0 Å². The van der Waals surface area contributed by atoms with Crippen LogP contribution >= 0.6 is 15.9 Å². The summed E-state index contributed by atoms with van der Waals surface area (Å²) < 4.78 is 8.20. The molecule has 1 N–H and O–H groups in total. The normalized spacial score (nSPS) is 10.8. The summed E-state index contributed by atoms with van der Waals surface area (Å²) in [5.41, 5.74) is 5.60. The van der Waals surface area contributed by atoms with Crippen molar-refractivity contribution in [1.29, 1.82) is 0 Å². The van der Waals surface area contributed by atoms with E-state index in [0.29, 0.717) is 29.9 Å². The van der Waals surface area contributed by atoms with E-state index in [9.17, 15) is 4.79 Å². The van der Waals surface area contributed by atoms with Crippen molar-refractivity contribution >= 4 is 26.8 Å². The summed E-state index contributed by atoms with van der Waals surface area (Å²) in [5.74, 6) is 1.37. The van der Waals surface area contributed by atoms with Crippen LogP contribution in [0.2, 0.25) is 0 Å². The maximum absolute atomic E-state index is 13.2. The summed E-state index contributed by atoms with van der Waals surface area (Å²) in [6.45, 7) is 2.96. The maximum atomic E-state index is 13.2. The Bertz CT molecular complexity index is 1200. The molecule has 146 valence electrons. The molecule has 0 aliphatic carbocycles. The highest BCUT2D eigenvalue weighted by molar-refractivity contribution is 9.10. The third kappa shape index (κ3) is 4.03. The molecule has 1 heterocycles. The summed E-state index contributed by atoms with van der Waals surface area (Å²) in [5, 5.41) is 0.568. The van der Waals surface area contributed by atoms with Crippen molar-refractivity contribution in [3.8, 4) is 17.1 Å². The summed E-state index contributed by atoms with van der Waals surface area (Å²) in [6, 6.07) is 22.9. The van der Waals surface area contributed by atoms with Crippen LogP contribution in [-0.4, -0.2) is 16.3 Å². The Hall–Kier alpha value is -3.12. The minimum Gasteiger partial charge on any atom is -0.494 e. The van der Waals surface area contributed by atoms with Crippen LogP contribution in [0.5, 0.6) is 5.75 Å². The Morgan fingerprint density at radius 1 is 1.00 bits per heavy atom. The summed E-state index contributed by atoms with van der Waals surface area (Å²) in [7, 11) is 0. The van der Waals surface area contributed by atoms with E-state index < -0.39 is 0 Å². The Balaban J connectivity index is 1.80. The predicted molar refractivity (Wildman–Crippen MR) is 120 cm³/mol. The van der Waals surface area contributed by atoms with Gasteiger partial charge in [0.1, 0.15) is 5.75 Å². The monoisotopic (exact) mass is 449 g/mol. The fraction of sp³-hybridized carbons (Fsp3) is 0.130. The molecular weight excluding hydrogens is 430 g/mol. The number of benzene rings is 3. The van der Waals surface area contributed by atoms with Gasteiger partial charge in [0.05, 0.1) is 24.1 Å². The van der Waals surface area contributed by atoms with Crippen molar-refractivity contribution in [3.05, 3.63) is 93.2 Å². The predicted octanol–water partition coefficient (Wildman–Crippen LogP) is 4.97. The van der Waals surface area contributed by atoms with Gasteiger partial charge in [-0.25, -0.2) is 9.66 Å². The molecule has 1 aromatic heterocycles. The average Bonchev–Trinajstić information content (AvgIpc) is 2.75. The lowest BCUT2D eigenvalue weighted by Crippen LogP contribution is -2.31. The number of rotatable bonds is 6. The first-order chi connectivity index (χ1) is 14.2. The highest BCUT2D eigenvalue weighted by Gasteiger charge is 2.13. The number of hydrogen-bond acceptors (Lipinski definition) is 4. The third-order valence-electron chi connectivity index (χ3n) is 4.58. The van der Waals surface area contributed by atoms with E-state index >= 15 is 0 Å². The molecule has 4 rings (SSSR count). The van der Waals surface area contributed by atoms with E-state index in [-0.39, 0.29) is 5.56 Å².